The third-order valence-electron chi connectivity index (χ3n) is 3.99. The molecule has 1 aromatic carbocycles. The van der Waals surface area contributed by atoms with E-state index >= 15 is 0 Å². The van der Waals surface area contributed by atoms with Crippen LogP contribution in [0.4, 0.5) is 5.69 Å². The number of anilines is 1. The van der Waals surface area contributed by atoms with E-state index in [1.807, 2.05) is 30.3 Å². The summed E-state index contributed by atoms with van der Waals surface area (Å²) in [4.78, 5) is 26.1. The van der Waals surface area contributed by atoms with Gasteiger partial charge in [0.2, 0.25) is 11.8 Å². The van der Waals surface area contributed by atoms with Crippen molar-refractivity contribution >= 4 is 29.3 Å². The van der Waals surface area contributed by atoms with Gasteiger partial charge in [0.1, 0.15) is 5.82 Å². The van der Waals surface area contributed by atoms with Crippen LogP contribution in [0.5, 0.6) is 0 Å². The zero-order valence-electron chi connectivity index (χ0n) is 14.6. The predicted molar refractivity (Wildman–Crippen MR) is 97.9 cm³/mol. The van der Waals surface area contributed by atoms with Crippen LogP contribution < -0.4 is 5.32 Å². The highest BCUT2D eigenvalue weighted by molar-refractivity contribution is 7.99. The summed E-state index contributed by atoms with van der Waals surface area (Å²) in [7, 11) is 1.80. The number of para-hydroxylation sites is 1. The van der Waals surface area contributed by atoms with Crippen molar-refractivity contribution in [2.75, 3.05) is 37.4 Å². The Morgan fingerprint density at radius 3 is 2.65 bits per heavy atom. The van der Waals surface area contributed by atoms with Crippen LogP contribution in [0.15, 0.2) is 35.5 Å². The molecule has 9 heteroatoms. The summed E-state index contributed by atoms with van der Waals surface area (Å²) in [6.07, 6.45) is 0.121. The second kappa shape index (κ2) is 8.81. The molecule has 1 aromatic heterocycles. The Bertz CT molecular complexity index is 759. The Hall–Kier alpha value is -2.39. The maximum absolute atomic E-state index is 12.2. The van der Waals surface area contributed by atoms with Gasteiger partial charge < -0.3 is 19.5 Å². The van der Waals surface area contributed by atoms with Crippen molar-refractivity contribution in [3.63, 3.8) is 0 Å². The van der Waals surface area contributed by atoms with Gasteiger partial charge in [-0.3, -0.25) is 9.59 Å². The SMILES string of the molecule is Cn1c(CC(=O)Nc2ccccc2)nnc1SCC(=O)N1CCOCC1. The summed E-state index contributed by atoms with van der Waals surface area (Å²) in [5.41, 5.74) is 0.741. The second-order valence-electron chi connectivity index (χ2n) is 5.83. The molecular weight excluding hydrogens is 354 g/mol. The first-order chi connectivity index (χ1) is 12.6. The summed E-state index contributed by atoms with van der Waals surface area (Å²) in [5.74, 6) is 0.749. The molecule has 1 fully saturated rings. The van der Waals surface area contributed by atoms with Gasteiger partial charge in [0.25, 0.3) is 0 Å². The summed E-state index contributed by atoms with van der Waals surface area (Å²) < 4.78 is 7.00. The number of carbonyl (C=O) groups excluding carboxylic acids is 2. The maximum Gasteiger partial charge on any atom is 0.233 e. The first kappa shape index (κ1) is 18.4. The van der Waals surface area contributed by atoms with E-state index in [0.29, 0.717) is 43.0 Å². The number of nitrogens with one attached hydrogen (secondary N) is 1. The number of aromatic nitrogens is 3. The monoisotopic (exact) mass is 375 g/mol. The highest BCUT2D eigenvalue weighted by Gasteiger charge is 2.19. The lowest BCUT2D eigenvalue weighted by Crippen LogP contribution is -2.41. The van der Waals surface area contributed by atoms with Crippen molar-refractivity contribution in [2.45, 2.75) is 11.6 Å². The van der Waals surface area contributed by atoms with Crippen molar-refractivity contribution in [2.24, 2.45) is 7.05 Å². The summed E-state index contributed by atoms with van der Waals surface area (Å²) in [6.45, 7) is 2.42. The second-order valence-corrected chi connectivity index (χ2v) is 6.77. The number of carbonyl (C=O) groups is 2. The Morgan fingerprint density at radius 2 is 1.92 bits per heavy atom. The number of ether oxygens (including phenoxy) is 1. The molecule has 1 N–H and O–H groups in total. The minimum atomic E-state index is -0.160. The fourth-order valence-electron chi connectivity index (χ4n) is 2.53. The van der Waals surface area contributed by atoms with Crippen LogP contribution >= 0.6 is 11.8 Å². The number of nitrogens with zero attached hydrogens (tertiary/aromatic N) is 4. The number of morpholine rings is 1. The molecule has 0 spiro atoms. The van der Waals surface area contributed by atoms with E-state index < -0.39 is 0 Å². The molecule has 1 aliphatic heterocycles. The van der Waals surface area contributed by atoms with Crippen LogP contribution in [0.3, 0.4) is 0 Å². The Labute approximate surface area is 155 Å². The van der Waals surface area contributed by atoms with Crippen molar-refractivity contribution in [1.82, 2.24) is 19.7 Å². The van der Waals surface area contributed by atoms with E-state index in [4.69, 9.17) is 4.74 Å². The number of hydrogen-bond donors (Lipinski definition) is 1. The number of thioether (sulfide) groups is 1. The molecule has 0 aliphatic carbocycles. The average molecular weight is 375 g/mol. The molecule has 2 amide bonds. The zero-order valence-corrected chi connectivity index (χ0v) is 15.4. The molecule has 0 atom stereocenters. The predicted octanol–water partition coefficient (Wildman–Crippen LogP) is 0.947. The summed E-state index contributed by atoms with van der Waals surface area (Å²) in [5, 5.41) is 11.6. The van der Waals surface area contributed by atoms with Gasteiger partial charge in [-0.05, 0) is 12.1 Å². The van der Waals surface area contributed by atoms with Crippen LogP contribution in [0.2, 0.25) is 0 Å². The highest BCUT2D eigenvalue weighted by Crippen LogP contribution is 2.17. The van der Waals surface area contributed by atoms with E-state index in [-0.39, 0.29) is 18.2 Å². The van der Waals surface area contributed by atoms with Crippen LogP contribution in [0, 0.1) is 0 Å². The normalized spacial score (nSPS) is 14.3. The van der Waals surface area contributed by atoms with Gasteiger partial charge in [-0.25, -0.2) is 0 Å². The van der Waals surface area contributed by atoms with E-state index in [0.717, 1.165) is 5.69 Å². The highest BCUT2D eigenvalue weighted by atomic mass is 32.2. The molecule has 1 aliphatic rings. The van der Waals surface area contributed by atoms with Crippen LogP contribution in [0.1, 0.15) is 5.82 Å². The van der Waals surface area contributed by atoms with Crippen molar-refractivity contribution in [3.8, 4) is 0 Å². The molecule has 0 unspecified atom stereocenters. The fraction of sp³-hybridized carbons (Fsp3) is 0.412. The smallest absolute Gasteiger partial charge is 0.233 e. The van der Waals surface area contributed by atoms with Gasteiger partial charge in [-0.2, -0.15) is 0 Å². The number of hydrogen-bond acceptors (Lipinski definition) is 6. The molecule has 26 heavy (non-hydrogen) atoms. The molecule has 138 valence electrons. The van der Waals surface area contributed by atoms with E-state index in [9.17, 15) is 9.59 Å². The molecule has 2 heterocycles. The third kappa shape index (κ3) is 4.83. The first-order valence-electron chi connectivity index (χ1n) is 8.35. The number of amides is 2. The lowest BCUT2D eigenvalue weighted by molar-refractivity contribution is -0.132. The summed E-state index contributed by atoms with van der Waals surface area (Å²) in [6, 6.07) is 9.26. The van der Waals surface area contributed by atoms with Crippen LogP contribution in [0.25, 0.3) is 0 Å². The Kier molecular flexibility index (Phi) is 6.24. The van der Waals surface area contributed by atoms with E-state index in [2.05, 4.69) is 15.5 Å². The van der Waals surface area contributed by atoms with Crippen LogP contribution in [-0.4, -0.2) is 63.5 Å². The van der Waals surface area contributed by atoms with Gasteiger partial charge in [0.15, 0.2) is 5.16 Å². The van der Waals surface area contributed by atoms with Gasteiger partial charge in [-0.1, -0.05) is 30.0 Å². The van der Waals surface area contributed by atoms with Gasteiger partial charge in [-0.15, -0.1) is 10.2 Å². The van der Waals surface area contributed by atoms with Crippen LogP contribution in [-0.2, 0) is 27.8 Å². The first-order valence-corrected chi connectivity index (χ1v) is 9.33. The standard InChI is InChI=1S/C17H21N5O3S/c1-21-14(11-15(23)18-13-5-3-2-4-6-13)19-20-17(21)26-12-16(24)22-7-9-25-10-8-22/h2-6H,7-12H2,1H3,(H,18,23). The van der Waals surface area contributed by atoms with E-state index in [1.54, 1.807) is 16.5 Å². The molecule has 0 radical (unpaired) electrons. The van der Waals surface area contributed by atoms with Gasteiger partial charge >= 0.3 is 0 Å². The quantitative estimate of drug-likeness (QED) is 0.756. The van der Waals surface area contributed by atoms with Gasteiger partial charge in [0, 0.05) is 25.8 Å². The van der Waals surface area contributed by atoms with Gasteiger partial charge in [0.05, 0.1) is 25.4 Å². The maximum atomic E-state index is 12.2. The molecule has 2 aromatic rings. The molecule has 8 nitrogen and oxygen atoms in total. The Morgan fingerprint density at radius 1 is 1.19 bits per heavy atom. The topological polar surface area (TPSA) is 89.3 Å². The number of rotatable bonds is 6. The summed E-state index contributed by atoms with van der Waals surface area (Å²) >= 11 is 1.33. The minimum absolute atomic E-state index is 0.0599. The Balaban J connectivity index is 1.52. The molecular formula is C17H21N5O3S. The molecule has 3 rings (SSSR count). The average Bonchev–Trinajstić information content (AvgIpc) is 3.01. The lowest BCUT2D eigenvalue weighted by atomic mass is 10.3. The zero-order chi connectivity index (χ0) is 18.4. The third-order valence-corrected chi connectivity index (χ3v) is 4.99. The molecule has 0 bridgehead atoms. The lowest BCUT2D eigenvalue weighted by Gasteiger charge is -2.26. The molecule has 0 saturated carbocycles. The fourth-order valence-corrected chi connectivity index (χ4v) is 3.36. The van der Waals surface area contributed by atoms with E-state index in [1.165, 1.54) is 11.8 Å². The number of benzene rings is 1. The minimum Gasteiger partial charge on any atom is -0.378 e. The largest absolute Gasteiger partial charge is 0.378 e. The van der Waals surface area contributed by atoms with Crippen molar-refractivity contribution in [1.29, 1.82) is 0 Å². The molecule has 1 saturated heterocycles. The van der Waals surface area contributed by atoms with Crippen molar-refractivity contribution in [3.05, 3.63) is 36.2 Å². The van der Waals surface area contributed by atoms with Crippen molar-refractivity contribution < 1.29 is 14.3 Å².